The van der Waals surface area contributed by atoms with Gasteiger partial charge < -0.3 is 5.32 Å². The van der Waals surface area contributed by atoms with E-state index >= 15 is 0 Å². The van der Waals surface area contributed by atoms with Crippen LogP contribution in [0.15, 0.2) is 42.7 Å². The van der Waals surface area contributed by atoms with Gasteiger partial charge in [0.1, 0.15) is 5.82 Å². The largest absolute Gasteiger partial charge is 0.310 e. The third-order valence-corrected chi connectivity index (χ3v) is 3.33. The number of pyridine rings is 1. The molecule has 0 saturated carbocycles. The van der Waals surface area contributed by atoms with E-state index in [-0.39, 0.29) is 11.9 Å². The number of rotatable bonds is 5. The Morgan fingerprint density at radius 1 is 1.32 bits per heavy atom. The van der Waals surface area contributed by atoms with Gasteiger partial charge in [-0.15, -0.1) is 0 Å². The third-order valence-electron chi connectivity index (χ3n) is 3.01. The van der Waals surface area contributed by atoms with E-state index in [1.807, 2.05) is 19.1 Å². The fourth-order valence-corrected chi connectivity index (χ4v) is 2.34. The van der Waals surface area contributed by atoms with Crippen LogP contribution in [0.1, 0.15) is 24.1 Å². The molecule has 0 spiro atoms. The third kappa shape index (κ3) is 3.52. The highest BCUT2D eigenvalue weighted by molar-refractivity contribution is 6.31. The van der Waals surface area contributed by atoms with Gasteiger partial charge in [0.15, 0.2) is 0 Å². The average Bonchev–Trinajstić information content (AvgIpc) is 2.41. The van der Waals surface area contributed by atoms with Crippen molar-refractivity contribution in [2.24, 2.45) is 0 Å². The lowest BCUT2D eigenvalue weighted by Gasteiger charge is -2.19. The van der Waals surface area contributed by atoms with Crippen LogP contribution in [0.2, 0.25) is 5.02 Å². The van der Waals surface area contributed by atoms with Crippen molar-refractivity contribution in [2.45, 2.75) is 19.4 Å². The SMILES string of the molecule is CCNC(Cc1ccccc1F)c1ccncc1Cl. The summed E-state index contributed by atoms with van der Waals surface area (Å²) in [6, 6.07) is 8.67. The lowest BCUT2D eigenvalue weighted by molar-refractivity contribution is 0.527. The minimum Gasteiger partial charge on any atom is -0.310 e. The van der Waals surface area contributed by atoms with E-state index in [9.17, 15) is 4.39 Å². The molecular weight excluding hydrogens is 263 g/mol. The summed E-state index contributed by atoms with van der Waals surface area (Å²) in [4.78, 5) is 3.98. The van der Waals surface area contributed by atoms with E-state index in [0.29, 0.717) is 17.0 Å². The maximum atomic E-state index is 13.7. The fourth-order valence-electron chi connectivity index (χ4n) is 2.09. The van der Waals surface area contributed by atoms with E-state index in [2.05, 4.69) is 10.3 Å². The van der Waals surface area contributed by atoms with Crippen LogP contribution in [0.3, 0.4) is 0 Å². The normalized spacial score (nSPS) is 12.4. The van der Waals surface area contributed by atoms with Crippen LogP contribution in [-0.2, 0) is 6.42 Å². The molecule has 19 heavy (non-hydrogen) atoms. The molecule has 1 heterocycles. The fraction of sp³-hybridized carbons (Fsp3) is 0.267. The number of nitrogens with zero attached hydrogens (tertiary/aromatic N) is 1. The minimum absolute atomic E-state index is 0.0163. The number of hydrogen-bond acceptors (Lipinski definition) is 2. The minimum atomic E-state index is -0.185. The molecule has 0 aliphatic rings. The molecule has 2 nitrogen and oxygen atoms in total. The Morgan fingerprint density at radius 3 is 2.79 bits per heavy atom. The second-order valence-electron chi connectivity index (χ2n) is 4.30. The second-order valence-corrected chi connectivity index (χ2v) is 4.71. The summed E-state index contributed by atoms with van der Waals surface area (Å²) in [6.07, 6.45) is 3.87. The average molecular weight is 279 g/mol. The lowest BCUT2D eigenvalue weighted by atomic mass is 9.99. The predicted octanol–water partition coefficient (Wildman–Crippen LogP) is 3.77. The summed E-state index contributed by atoms with van der Waals surface area (Å²) in [6.45, 7) is 2.81. The van der Waals surface area contributed by atoms with E-state index < -0.39 is 0 Å². The van der Waals surface area contributed by atoms with Crippen molar-refractivity contribution < 1.29 is 4.39 Å². The van der Waals surface area contributed by atoms with Crippen LogP contribution < -0.4 is 5.32 Å². The zero-order valence-electron chi connectivity index (χ0n) is 10.7. The van der Waals surface area contributed by atoms with E-state index in [1.54, 1.807) is 24.5 Å². The number of hydrogen-bond donors (Lipinski definition) is 1. The molecule has 1 atom stereocenters. The van der Waals surface area contributed by atoms with Crippen molar-refractivity contribution in [2.75, 3.05) is 6.54 Å². The van der Waals surface area contributed by atoms with Crippen molar-refractivity contribution >= 4 is 11.6 Å². The molecule has 100 valence electrons. The van der Waals surface area contributed by atoms with Crippen molar-refractivity contribution in [1.82, 2.24) is 10.3 Å². The van der Waals surface area contributed by atoms with Gasteiger partial charge in [0.05, 0.1) is 5.02 Å². The Kier molecular flexibility index (Phi) is 4.88. The van der Waals surface area contributed by atoms with Gasteiger partial charge in [0.25, 0.3) is 0 Å². The Morgan fingerprint density at radius 2 is 2.11 bits per heavy atom. The Bertz CT molecular complexity index is 545. The van der Waals surface area contributed by atoms with Crippen LogP contribution in [0, 0.1) is 5.82 Å². The van der Waals surface area contributed by atoms with Gasteiger partial charge in [0.2, 0.25) is 0 Å². The molecule has 0 aliphatic carbocycles. The van der Waals surface area contributed by atoms with Crippen LogP contribution in [0.5, 0.6) is 0 Å². The molecule has 1 aromatic carbocycles. The quantitative estimate of drug-likeness (QED) is 0.901. The predicted molar refractivity (Wildman–Crippen MR) is 75.8 cm³/mol. The maximum absolute atomic E-state index is 13.7. The van der Waals surface area contributed by atoms with Gasteiger partial charge in [-0.3, -0.25) is 4.98 Å². The molecule has 1 unspecified atom stereocenters. The zero-order chi connectivity index (χ0) is 13.7. The summed E-state index contributed by atoms with van der Waals surface area (Å²) < 4.78 is 13.7. The van der Waals surface area contributed by atoms with Crippen LogP contribution in [0.25, 0.3) is 0 Å². The molecule has 0 amide bonds. The van der Waals surface area contributed by atoms with Crippen LogP contribution >= 0.6 is 11.6 Å². The zero-order valence-corrected chi connectivity index (χ0v) is 11.5. The second kappa shape index (κ2) is 6.64. The van der Waals surface area contributed by atoms with Gasteiger partial charge >= 0.3 is 0 Å². The number of likely N-dealkylation sites (N-methyl/N-ethyl adjacent to an activating group) is 1. The number of aromatic nitrogens is 1. The number of nitrogens with one attached hydrogen (secondary N) is 1. The molecule has 0 aliphatic heterocycles. The van der Waals surface area contributed by atoms with Crippen LogP contribution in [0.4, 0.5) is 4.39 Å². The molecule has 1 N–H and O–H groups in total. The first-order valence-electron chi connectivity index (χ1n) is 6.28. The number of benzene rings is 1. The maximum Gasteiger partial charge on any atom is 0.126 e. The summed E-state index contributed by atoms with van der Waals surface area (Å²) in [5.74, 6) is -0.185. The standard InChI is InChI=1S/C15H16ClFN2/c1-2-19-15(12-7-8-18-10-13(12)16)9-11-5-3-4-6-14(11)17/h3-8,10,15,19H,2,9H2,1H3. The van der Waals surface area contributed by atoms with Crippen molar-refractivity contribution in [1.29, 1.82) is 0 Å². The molecule has 0 saturated heterocycles. The molecule has 0 bridgehead atoms. The Hall–Kier alpha value is -1.45. The molecule has 2 rings (SSSR count). The highest BCUT2D eigenvalue weighted by Crippen LogP contribution is 2.25. The van der Waals surface area contributed by atoms with Crippen LogP contribution in [-0.4, -0.2) is 11.5 Å². The van der Waals surface area contributed by atoms with Crippen molar-refractivity contribution in [3.05, 3.63) is 64.7 Å². The van der Waals surface area contributed by atoms with E-state index in [4.69, 9.17) is 11.6 Å². The monoisotopic (exact) mass is 278 g/mol. The first-order valence-corrected chi connectivity index (χ1v) is 6.66. The summed E-state index contributed by atoms with van der Waals surface area (Å²) in [5, 5.41) is 3.94. The van der Waals surface area contributed by atoms with Gasteiger partial charge in [-0.1, -0.05) is 36.7 Å². The first-order chi connectivity index (χ1) is 9.22. The lowest BCUT2D eigenvalue weighted by Crippen LogP contribution is -2.23. The molecular formula is C15H16ClFN2. The van der Waals surface area contributed by atoms with Crippen molar-refractivity contribution in [3.63, 3.8) is 0 Å². The molecule has 4 heteroatoms. The highest BCUT2D eigenvalue weighted by Gasteiger charge is 2.16. The van der Waals surface area contributed by atoms with Gasteiger partial charge in [-0.2, -0.15) is 0 Å². The van der Waals surface area contributed by atoms with E-state index in [1.165, 1.54) is 6.07 Å². The van der Waals surface area contributed by atoms with Gasteiger partial charge in [0, 0.05) is 18.4 Å². The summed E-state index contributed by atoms with van der Waals surface area (Å²) in [5.41, 5.74) is 1.63. The summed E-state index contributed by atoms with van der Waals surface area (Å²) >= 11 is 6.16. The Balaban J connectivity index is 2.27. The Labute approximate surface area is 117 Å². The molecule has 2 aromatic rings. The van der Waals surface area contributed by atoms with Gasteiger partial charge in [-0.25, -0.2) is 4.39 Å². The number of halogens is 2. The molecule has 0 fully saturated rings. The highest BCUT2D eigenvalue weighted by atomic mass is 35.5. The van der Waals surface area contributed by atoms with Gasteiger partial charge in [-0.05, 0) is 36.2 Å². The smallest absolute Gasteiger partial charge is 0.126 e. The topological polar surface area (TPSA) is 24.9 Å². The summed E-state index contributed by atoms with van der Waals surface area (Å²) in [7, 11) is 0. The molecule has 0 radical (unpaired) electrons. The first kappa shape index (κ1) is 14.0. The molecule has 1 aromatic heterocycles. The van der Waals surface area contributed by atoms with Crippen molar-refractivity contribution in [3.8, 4) is 0 Å². The van der Waals surface area contributed by atoms with E-state index in [0.717, 1.165) is 12.1 Å².